The predicted octanol–water partition coefficient (Wildman–Crippen LogP) is -0.843. The molecule has 0 amide bonds. The Morgan fingerprint density at radius 2 is 2.30 bits per heavy atom. The number of aliphatic hydroxyl groups excluding tert-OH is 2. The van der Waals surface area contributed by atoms with E-state index in [0.717, 1.165) is 0 Å². The molecular formula is C6H11NO3. The number of aliphatic hydroxyl groups is 2. The van der Waals surface area contributed by atoms with Crippen LogP contribution in [0.15, 0.2) is 4.99 Å². The van der Waals surface area contributed by atoms with E-state index in [2.05, 4.69) is 4.99 Å². The highest BCUT2D eigenvalue weighted by Crippen LogP contribution is 2.08. The fraction of sp³-hybridized carbons (Fsp3) is 0.833. The van der Waals surface area contributed by atoms with E-state index in [0.29, 0.717) is 13.0 Å². The molecule has 0 aliphatic carbocycles. The molecule has 0 saturated carbocycles. The first-order valence-corrected chi connectivity index (χ1v) is 3.20. The standard InChI is InChI=1S/C6H11NO3/c1-10-6-5(9)4(8)2-3-7-6/h4-5,8-9H,2-3H2,1H3/t4-,5+/m1/s1. The summed E-state index contributed by atoms with van der Waals surface area (Å²) < 4.78 is 4.71. The van der Waals surface area contributed by atoms with Gasteiger partial charge in [0.05, 0.1) is 13.2 Å². The number of hydrogen-bond acceptors (Lipinski definition) is 4. The maximum Gasteiger partial charge on any atom is 0.215 e. The molecule has 0 aromatic carbocycles. The molecule has 2 N–H and O–H groups in total. The second-order valence-electron chi connectivity index (χ2n) is 2.22. The minimum Gasteiger partial charge on any atom is -0.482 e. The van der Waals surface area contributed by atoms with Crippen molar-refractivity contribution in [2.45, 2.75) is 18.6 Å². The first kappa shape index (κ1) is 7.50. The summed E-state index contributed by atoms with van der Waals surface area (Å²) in [6.45, 7) is 0.529. The van der Waals surface area contributed by atoms with Crippen LogP contribution in [0.3, 0.4) is 0 Å². The summed E-state index contributed by atoms with van der Waals surface area (Å²) in [5, 5.41) is 18.2. The Balaban J connectivity index is 2.62. The van der Waals surface area contributed by atoms with Crippen molar-refractivity contribution in [3.8, 4) is 0 Å². The van der Waals surface area contributed by atoms with Crippen LogP contribution in [-0.4, -0.2) is 42.0 Å². The van der Waals surface area contributed by atoms with Crippen molar-refractivity contribution in [1.82, 2.24) is 0 Å². The Hall–Kier alpha value is -0.610. The predicted molar refractivity (Wildman–Crippen MR) is 35.9 cm³/mol. The topological polar surface area (TPSA) is 62.0 Å². The lowest BCUT2D eigenvalue weighted by Gasteiger charge is -2.21. The van der Waals surface area contributed by atoms with E-state index in [1.54, 1.807) is 0 Å². The van der Waals surface area contributed by atoms with Crippen molar-refractivity contribution in [3.05, 3.63) is 0 Å². The fourth-order valence-electron chi connectivity index (χ4n) is 0.908. The highest BCUT2D eigenvalue weighted by Gasteiger charge is 2.25. The Morgan fingerprint density at radius 1 is 1.60 bits per heavy atom. The number of ether oxygens (including phenoxy) is 1. The summed E-state index contributed by atoms with van der Waals surface area (Å²) in [7, 11) is 1.43. The first-order chi connectivity index (χ1) is 4.75. The van der Waals surface area contributed by atoms with Gasteiger partial charge in [-0.3, -0.25) is 4.99 Å². The lowest BCUT2D eigenvalue weighted by molar-refractivity contribution is 0.0371. The summed E-state index contributed by atoms with van der Waals surface area (Å²) in [4.78, 5) is 3.86. The number of methoxy groups -OCH3 is 1. The van der Waals surface area contributed by atoms with Crippen molar-refractivity contribution >= 4 is 5.90 Å². The van der Waals surface area contributed by atoms with Crippen molar-refractivity contribution in [1.29, 1.82) is 0 Å². The average molecular weight is 145 g/mol. The number of rotatable bonds is 0. The molecular weight excluding hydrogens is 134 g/mol. The molecule has 1 rings (SSSR count). The third-order valence-electron chi connectivity index (χ3n) is 1.52. The summed E-state index contributed by atoms with van der Waals surface area (Å²) in [6, 6.07) is 0. The van der Waals surface area contributed by atoms with Gasteiger partial charge in [0.15, 0.2) is 6.10 Å². The van der Waals surface area contributed by atoms with Gasteiger partial charge in [0.2, 0.25) is 5.90 Å². The molecule has 0 bridgehead atoms. The van der Waals surface area contributed by atoms with Crippen molar-refractivity contribution < 1.29 is 14.9 Å². The fourth-order valence-corrected chi connectivity index (χ4v) is 0.908. The third-order valence-corrected chi connectivity index (χ3v) is 1.52. The maximum absolute atomic E-state index is 9.13. The molecule has 0 saturated heterocycles. The van der Waals surface area contributed by atoms with Gasteiger partial charge in [0.1, 0.15) is 0 Å². The molecule has 0 aromatic rings. The Bertz CT molecular complexity index is 146. The summed E-state index contributed by atoms with van der Waals surface area (Å²) in [6.07, 6.45) is -1.14. The molecule has 58 valence electrons. The minimum absolute atomic E-state index is 0.235. The quantitative estimate of drug-likeness (QED) is 0.467. The van der Waals surface area contributed by atoms with Crippen molar-refractivity contribution in [3.63, 3.8) is 0 Å². The van der Waals surface area contributed by atoms with E-state index < -0.39 is 12.2 Å². The van der Waals surface area contributed by atoms with E-state index >= 15 is 0 Å². The number of hydrogen-bond donors (Lipinski definition) is 2. The van der Waals surface area contributed by atoms with Gasteiger partial charge >= 0.3 is 0 Å². The second-order valence-corrected chi connectivity index (χ2v) is 2.22. The van der Waals surface area contributed by atoms with Gasteiger partial charge < -0.3 is 14.9 Å². The van der Waals surface area contributed by atoms with Crippen LogP contribution in [0.1, 0.15) is 6.42 Å². The lowest BCUT2D eigenvalue weighted by Crippen LogP contribution is -2.38. The number of aliphatic imine (C=N–C) groups is 1. The van der Waals surface area contributed by atoms with E-state index in [9.17, 15) is 0 Å². The monoisotopic (exact) mass is 145 g/mol. The van der Waals surface area contributed by atoms with Crippen LogP contribution in [0.2, 0.25) is 0 Å². The Labute approximate surface area is 59.2 Å². The Kier molecular flexibility index (Phi) is 2.24. The van der Waals surface area contributed by atoms with Crippen LogP contribution in [-0.2, 0) is 4.74 Å². The molecule has 10 heavy (non-hydrogen) atoms. The zero-order valence-electron chi connectivity index (χ0n) is 5.82. The van der Waals surface area contributed by atoms with Crippen LogP contribution >= 0.6 is 0 Å². The van der Waals surface area contributed by atoms with Crippen LogP contribution in [0.5, 0.6) is 0 Å². The molecule has 0 unspecified atom stereocenters. The average Bonchev–Trinajstić information content (AvgIpc) is 1.95. The van der Waals surface area contributed by atoms with Gasteiger partial charge in [-0.05, 0) is 6.42 Å². The van der Waals surface area contributed by atoms with E-state index in [1.807, 2.05) is 0 Å². The van der Waals surface area contributed by atoms with Crippen LogP contribution < -0.4 is 0 Å². The third kappa shape index (κ3) is 1.27. The molecule has 1 heterocycles. The Morgan fingerprint density at radius 3 is 2.80 bits per heavy atom. The van der Waals surface area contributed by atoms with E-state index in [4.69, 9.17) is 14.9 Å². The molecule has 0 spiro atoms. The lowest BCUT2D eigenvalue weighted by atomic mass is 10.1. The minimum atomic E-state index is -0.932. The smallest absolute Gasteiger partial charge is 0.215 e. The maximum atomic E-state index is 9.13. The van der Waals surface area contributed by atoms with Gasteiger partial charge in [-0.2, -0.15) is 0 Å². The normalized spacial score (nSPS) is 33.3. The molecule has 1 aliphatic rings. The highest BCUT2D eigenvalue weighted by atomic mass is 16.5. The van der Waals surface area contributed by atoms with Crippen LogP contribution in [0, 0.1) is 0 Å². The van der Waals surface area contributed by atoms with Crippen molar-refractivity contribution in [2.75, 3.05) is 13.7 Å². The molecule has 2 atom stereocenters. The summed E-state index contributed by atoms with van der Waals surface area (Å²) >= 11 is 0. The zero-order valence-corrected chi connectivity index (χ0v) is 5.82. The van der Waals surface area contributed by atoms with Crippen LogP contribution in [0.25, 0.3) is 0 Å². The van der Waals surface area contributed by atoms with Gasteiger partial charge in [0.25, 0.3) is 0 Å². The number of nitrogens with zero attached hydrogens (tertiary/aromatic N) is 1. The highest BCUT2D eigenvalue weighted by molar-refractivity contribution is 5.81. The van der Waals surface area contributed by atoms with E-state index in [1.165, 1.54) is 7.11 Å². The van der Waals surface area contributed by atoms with Gasteiger partial charge in [-0.15, -0.1) is 0 Å². The van der Waals surface area contributed by atoms with Gasteiger partial charge in [-0.25, -0.2) is 0 Å². The molecule has 0 fully saturated rings. The van der Waals surface area contributed by atoms with Gasteiger partial charge in [-0.1, -0.05) is 0 Å². The summed E-state index contributed by atoms with van der Waals surface area (Å²) in [5.74, 6) is 0.235. The molecule has 1 aliphatic heterocycles. The van der Waals surface area contributed by atoms with Crippen molar-refractivity contribution in [2.24, 2.45) is 4.99 Å². The van der Waals surface area contributed by atoms with E-state index in [-0.39, 0.29) is 5.90 Å². The van der Waals surface area contributed by atoms with Gasteiger partial charge in [0, 0.05) is 6.54 Å². The largest absolute Gasteiger partial charge is 0.482 e. The second kappa shape index (κ2) is 2.98. The van der Waals surface area contributed by atoms with Crippen LogP contribution in [0.4, 0.5) is 0 Å². The SMILES string of the molecule is COC1=NCC[C@@H](O)[C@@H]1O. The molecule has 0 aromatic heterocycles. The molecule has 4 heteroatoms. The molecule has 0 radical (unpaired) electrons. The zero-order chi connectivity index (χ0) is 7.56. The molecule has 4 nitrogen and oxygen atoms in total. The summed E-state index contributed by atoms with van der Waals surface area (Å²) in [5.41, 5.74) is 0. The first-order valence-electron chi connectivity index (χ1n) is 3.20.